The molecule has 4 saturated carbocycles. The molecule has 0 saturated heterocycles. The molecule has 216 valence electrons. The fraction of sp³-hybridized carbons (Fsp3) is 0.875. The highest BCUT2D eigenvalue weighted by Crippen LogP contribution is 2.68. The Hall–Kier alpha value is -1.40. The van der Waals surface area contributed by atoms with Crippen LogP contribution in [0.3, 0.4) is 0 Å². The lowest BCUT2D eigenvalue weighted by atomic mass is 9.43. The molecule has 0 aliphatic heterocycles. The first-order valence-electron chi connectivity index (χ1n) is 15.0. The molecule has 0 radical (unpaired) electrons. The van der Waals surface area contributed by atoms with E-state index in [1.165, 1.54) is 0 Å². The fourth-order valence-corrected chi connectivity index (χ4v) is 9.41. The maximum absolute atomic E-state index is 12.4. The highest BCUT2D eigenvalue weighted by molar-refractivity contribution is 5.87. The van der Waals surface area contributed by atoms with Crippen molar-refractivity contribution >= 4 is 11.9 Å². The molecule has 2 N–H and O–H groups in total. The van der Waals surface area contributed by atoms with Gasteiger partial charge in [0.25, 0.3) is 0 Å². The summed E-state index contributed by atoms with van der Waals surface area (Å²) in [5.74, 6) is 1.13. The topological polar surface area (TPSA) is 93.1 Å². The predicted octanol–water partition coefficient (Wildman–Crippen LogP) is 5.83. The Morgan fingerprint density at radius 1 is 1.05 bits per heavy atom. The van der Waals surface area contributed by atoms with Crippen LogP contribution in [0, 0.1) is 46.3 Å². The van der Waals surface area contributed by atoms with Crippen molar-refractivity contribution in [1.82, 2.24) is 0 Å². The molecule has 0 amide bonds. The standard InChI is InChI=1S/C32H52O6/c1-18(2)29(36)37-21-13-14-31(7)20(15-21)16-25(33)28-23-11-10-22(32(23,8)26(34)17-24(28)31)19(3)9-12-27(35)38-30(4,5)6/h19-26,28,33-34H,1,9-17H2,2-8H3/t19-,20?,21?,22-,23+,24+,25?,26?,28+,31+,32-/m1/s1. The summed E-state index contributed by atoms with van der Waals surface area (Å²) >= 11 is 0. The smallest absolute Gasteiger partial charge is 0.333 e. The van der Waals surface area contributed by atoms with Crippen LogP contribution in [0.5, 0.6) is 0 Å². The SMILES string of the molecule is C=C(C)C(=O)OC1CC[C@@]2(C)C(C1)CC(O)[C@H]1[C@@H]3CC[C@H]([C@H](C)CCC(=O)OC(C)(C)C)[C@@]3(C)C(O)C[C@@H]12. The summed E-state index contributed by atoms with van der Waals surface area (Å²) in [6, 6.07) is 0. The lowest BCUT2D eigenvalue weighted by Crippen LogP contribution is -2.62. The van der Waals surface area contributed by atoms with E-state index < -0.39 is 17.8 Å². The van der Waals surface area contributed by atoms with Crippen molar-refractivity contribution in [3.8, 4) is 0 Å². The Bertz CT molecular complexity index is 921. The summed E-state index contributed by atoms with van der Waals surface area (Å²) in [6.45, 7) is 17.9. The number of esters is 2. The van der Waals surface area contributed by atoms with Crippen LogP contribution >= 0.6 is 0 Å². The number of rotatable bonds is 6. The first-order chi connectivity index (χ1) is 17.6. The molecule has 0 bridgehead atoms. The monoisotopic (exact) mass is 532 g/mol. The van der Waals surface area contributed by atoms with Gasteiger partial charge in [-0.1, -0.05) is 27.4 Å². The second kappa shape index (κ2) is 10.5. The van der Waals surface area contributed by atoms with Gasteiger partial charge in [0.15, 0.2) is 0 Å². The van der Waals surface area contributed by atoms with E-state index in [0.717, 1.165) is 44.9 Å². The molecule has 0 aromatic carbocycles. The maximum Gasteiger partial charge on any atom is 0.333 e. The van der Waals surface area contributed by atoms with Crippen molar-refractivity contribution in [2.45, 2.75) is 130 Å². The Morgan fingerprint density at radius 2 is 1.74 bits per heavy atom. The molecule has 0 spiro atoms. The van der Waals surface area contributed by atoms with Crippen molar-refractivity contribution in [3.63, 3.8) is 0 Å². The summed E-state index contributed by atoms with van der Waals surface area (Å²) in [6.07, 6.45) is 6.27. The van der Waals surface area contributed by atoms with Crippen LogP contribution in [0.25, 0.3) is 0 Å². The van der Waals surface area contributed by atoms with Gasteiger partial charge in [-0.05, 0) is 125 Å². The first kappa shape index (κ1) is 29.6. The van der Waals surface area contributed by atoms with Gasteiger partial charge in [-0.3, -0.25) is 4.79 Å². The van der Waals surface area contributed by atoms with Gasteiger partial charge in [-0.15, -0.1) is 0 Å². The van der Waals surface area contributed by atoms with Crippen LogP contribution in [0.2, 0.25) is 0 Å². The Morgan fingerprint density at radius 3 is 2.37 bits per heavy atom. The second-order valence-electron chi connectivity index (χ2n) is 14.8. The average Bonchev–Trinajstić information content (AvgIpc) is 3.16. The summed E-state index contributed by atoms with van der Waals surface area (Å²) < 4.78 is 11.3. The number of aliphatic hydroxyl groups is 2. The van der Waals surface area contributed by atoms with Gasteiger partial charge in [0.1, 0.15) is 11.7 Å². The minimum atomic E-state index is -0.476. The van der Waals surface area contributed by atoms with Crippen LogP contribution in [0.15, 0.2) is 12.2 Å². The maximum atomic E-state index is 12.4. The van der Waals surface area contributed by atoms with Crippen LogP contribution in [0.1, 0.15) is 106 Å². The van der Waals surface area contributed by atoms with Crippen molar-refractivity contribution in [2.75, 3.05) is 0 Å². The second-order valence-corrected chi connectivity index (χ2v) is 14.8. The molecule has 4 rings (SSSR count). The van der Waals surface area contributed by atoms with E-state index in [4.69, 9.17) is 9.47 Å². The first-order valence-corrected chi connectivity index (χ1v) is 15.0. The fourth-order valence-electron chi connectivity index (χ4n) is 9.41. The highest BCUT2D eigenvalue weighted by Gasteiger charge is 2.65. The van der Waals surface area contributed by atoms with Gasteiger partial charge < -0.3 is 19.7 Å². The van der Waals surface area contributed by atoms with E-state index in [2.05, 4.69) is 27.4 Å². The number of fused-ring (bicyclic) bond motifs is 5. The Balaban J connectivity index is 1.47. The molecule has 6 nitrogen and oxygen atoms in total. The predicted molar refractivity (Wildman–Crippen MR) is 147 cm³/mol. The molecule has 4 aliphatic rings. The third-order valence-electron chi connectivity index (χ3n) is 11.3. The molecule has 4 aliphatic carbocycles. The minimum absolute atomic E-state index is 0.0265. The number of carbonyl (C=O) groups is 2. The van der Waals surface area contributed by atoms with E-state index in [1.807, 2.05) is 20.8 Å². The average molecular weight is 533 g/mol. The quantitative estimate of drug-likeness (QED) is 0.330. The van der Waals surface area contributed by atoms with Gasteiger partial charge in [0, 0.05) is 12.0 Å². The molecule has 0 heterocycles. The number of ether oxygens (including phenoxy) is 2. The van der Waals surface area contributed by atoms with Gasteiger partial charge in [-0.2, -0.15) is 0 Å². The zero-order valence-electron chi connectivity index (χ0n) is 24.8. The van der Waals surface area contributed by atoms with Crippen LogP contribution in [-0.4, -0.2) is 46.1 Å². The number of hydrogen-bond acceptors (Lipinski definition) is 6. The number of carbonyl (C=O) groups excluding carboxylic acids is 2. The van der Waals surface area contributed by atoms with E-state index in [0.29, 0.717) is 30.3 Å². The molecule has 38 heavy (non-hydrogen) atoms. The molecule has 0 aromatic rings. The van der Waals surface area contributed by atoms with Crippen LogP contribution < -0.4 is 0 Å². The molecule has 0 aromatic heterocycles. The molecule has 11 atom stereocenters. The van der Waals surface area contributed by atoms with Gasteiger partial charge >= 0.3 is 11.9 Å². The minimum Gasteiger partial charge on any atom is -0.460 e. The van der Waals surface area contributed by atoms with E-state index in [9.17, 15) is 19.8 Å². The van der Waals surface area contributed by atoms with Crippen molar-refractivity contribution in [1.29, 1.82) is 0 Å². The largest absolute Gasteiger partial charge is 0.460 e. The summed E-state index contributed by atoms with van der Waals surface area (Å²) in [7, 11) is 0. The molecule has 4 fully saturated rings. The third kappa shape index (κ3) is 5.33. The Labute approximate surface area is 229 Å². The number of hydrogen-bond donors (Lipinski definition) is 2. The van der Waals surface area contributed by atoms with Gasteiger partial charge in [0.2, 0.25) is 0 Å². The highest BCUT2D eigenvalue weighted by atomic mass is 16.6. The van der Waals surface area contributed by atoms with E-state index >= 15 is 0 Å². The Kier molecular flexibility index (Phi) is 8.20. The van der Waals surface area contributed by atoms with Gasteiger partial charge in [0.05, 0.1) is 12.2 Å². The zero-order chi connectivity index (χ0) is 28.2. The van der Waals surface area contributed by atoms with Gasteiger partial charge in [-0.25, -0.2) is 4.79 Å². The van der Waals surface area contributed by atoms with Crippen LogP contribution in [0.4, 0.5) is 0 Å². The van der Waals surface area contributed by atoms with E-state index in [-0.39, 0.29) is 52.5 Å². The zero-order valence-corrected chi connectivity index (χ0v) is 24.8. The van der Waals surface area contributed by atoms with Crippen molar-refractivity contribution in [3.05, 3.63) is 12.2 Å². The molecule has 4 unspecified atom stereocenters. The van der Waals surface area contributed by atoms with Crippen molar-refractivity contribution < 1.29 is 29.3 Å². The van der Waals surface area contributed by atoms with Crippen molar-refractivity contribution in [2.24, 2.45) is 46.3 Å². The summed E-state index contributed by atoms with van der Waals surface area (Å²) in [5.41, 5.74) is -0.283. The lowest BCUT2D eigenvalue weighted by molar-refractivity contribution is -0.209. The lowest BCUT2D eigenvalue weighted by Gasteiger charge is -2.63. The molecular weight excluding hydrogens is 480 g/mol. The normalized spacial score (nSPS) is 43.3. The summed E-state index contributed by atoms with van der Waals surface area (Å²) in [5, 5.41) is 23.4. The third-order valence-corrected chi connectivity index (χ3v) is 11.3. The van der Waals surface area contributed by atoms with E-state index in [1.54, 1.807) is 6.92 Å². The summed E-state index contributed by atoms with van der Waals surface area (Å²) in [4.78, 5) is 24.5. The van der Waals surface area contributed by atoms with Crippen LogP contribution in [-0.2, 0) is 19.1 Å². The number of aliphatic hydroxyl groups excluding tert-OH is 2. The molecule has 6 heteroatoms. The molecular formula is C32H52O6.